The van der Waals surface area contributed by atoms with Gasteiger partial charge >= 0.3 is 5.97 Å². The van der Waals surface area contributed by atoms with Crippen LogP contribution >= 0.6 is 11.6 Å². The average molecular weight is 229 g/mol. The highest BCUT2D eigenvalue weighted by Gasteiger charge is 2.49. The van der Waals surface area contributed by atoms with Gasteiger partial charge in [-0.1, -0.05) is 11.6 Å². The molecule has 1 aromatic heterocycles. The van der Waals surface area contributed by atoms with E-state index in [4.69, 9.17) is 16.7 Å². The summed E-state index contributed by atoms with van der Waals surface area (Å²) in [5.41, 5.74) is 1.52. The van der Waals surface area contributed by atoms with Crippen LogP contribution in [0.3, 0.4) is 0 Å². The fraction of sp³-hybridized carbons (Fsp3) is 0.600. The summed E-state index contributed by atoms with van der Waals surface area (Å²) < 4.78 is 1.61. The molecular weight excluding hydrogens is 216 g/mol. The van der Waals surface area contributed by atoms with E-state index in [0.717, 1.165) is 24.1 Å². The normalized spacial score (nSPS) is 17.8. The Balaban J connectivity index is 2.41. The summed E-state index contributed by atoms with van der Waals surface area (Å²) in [4.78, 5) is 10.8. The number of carboxylic acids is 1. The van der Waals surface area contributed by atoms with E-state index >= 15 is 0 Å². The monoisotopic (exact) mass is 228 g/mol. The molecule has 4 nitrogen and oxygen atoms in total. The lowest BCUT2D eigenvalue weighted by molar-refractivity contribution is -0.137. The molecule has 0 spiro atoms. The first kappa shape index (κ1) is 10.5. The number of aromatic nitrogens is 2. The zero-order valence-electron chi connectivity index (χ0n) is 8.75. The van der Waals surface area contributed by atoms with Crippen LogP contribution in [0.15, 0.2) is 0 Å². The SMILES string of the molecule is Cc1nn(C)c(Cl)c1C1(CC(=O)O)CC1. The number of carbonyl (C=O) groups is 1. The van der Waals surface area contributed by atoms with Crippen molar-refractivity contribution in [2.75, 3.05) is 0 Å². The molecule has 1 fully saturated rings. The summed E-state index contributed by atoms with van der Waals surface area (Å²) >= 11 is 6.13. The van der Waals surface area contributed by atoms with Crippen LogP contribution in [0.4, 0.5) is 0 Å². The number of halogens is 1. The molecule has 0 amide bonds. The largest absolute Gasteiger partial charge is 0.481 e. The van der Waals surface area contributed by atoms with E-state index in [1.54, 1.807) is 11.7 Å². The van der Waals surface area contributed by atoms with Crippen molar-refractivity contribution in [2.24, 2.45) is 7.05 Å². The Bertz CT molecular complexity index is 421. The number of aliphatic carboxylic acids is 1. The van der Waals surface area contributed by atoms with Gasteiger partial charge in [-0.25, -0.2) is 0 Å². The minimum absolute atomic E-state index is 0.152. The Kier molecular flexibility index (Phi) is 2.26. The van der Waals surface area contributed by atoms with Crippen molar-refractivity contribution in [2.45, 2.75) is 31.6 Å². The van der Waals surface area contributed by atoms with E-state index in [9.17, 15) is 4.79 Å². The first-order valence-electron chi connectivity index (χ1n) is 4.88. The average Bonchev–Trinajstić information content (AvgIpc) is 2.78. The Morgan fingerprint density at radius 1 is 1.67 bits per heavy atom. The third kappa shape index (κ3) is 1.63. The zero-order chi connectivity index (χ0) is 11.2. The van der Waals surface area contributed by atoms with Crippen LogP contribution in [-0.2, 0) is 17.3 Å². The Morgan fingerprint density at radius 2 is 2.27 bits per heavy atom. The van der Waals surface area contributed by atoms with E-state index in [0.29, 0.717) is 5.15 Å². The highest BCUT2D eigenvalue weighted by Crippen LogP contribution is 2.54. The van der Waals surface area contributed by atoms with Gasteiger partial charge in [0.05, 0.1) is 12.1 Å². The van der Waals surface area contributed by atoms with Crippen molar-refractivity contribution in [1.82, 2.24) is 9.78 Å². The highest BCUT2D eigenvalue weighted by molar-refractivity contribution is 6.30. The minimum Gasteiger partial charge on any atom is -0.481 e. The maximum Gasteiger partial charge on any atom is 0.304 e. The Morgan fingerprint density at radius 3 is 2.60 bits per heavy atom. The molecule has 0 aromatic carbocycles. The maximum absolute atomic E-state index is 10.8. The highest BCUT2D eigenvalue weighted by atomic mass is 35.5. The first-order chi connectivity index (χ1) is 6.96. The lowest BCUT2D eigenvalue weighted by Crippen LogP contribution is -2.14. The van der Waals surface area contributed by atoms with Crippen LogP contribution in [0.5, 0.6) is 0 Å². The van der Waals surface area contributed by atoms with Gasteiger partial charge < -0.3 is 5.11 Å². The molecule has 0 atom stereocenters. The molecule has 1 aromatic rings. The molecule has 5 heteroatoms. The van der Waals surface area contributed by atoms with Crippen molar-refractivity contribution in [3.8, 4) is 0 Å². The third-order valence-electron chi connectivity index (χ3n) is 3.03. The molecule has 0 radical (unpaired) electrons. The molecule has 0 aliphatic heterocycles. The second-order valence-electron chi connectivity index (χ2n) is 4.23. The van der Waals surface area contributed by atoms with Crippen molar-refractivity contribution in [3.63, 3.8) is 0 Å². The van der Waals surface area contributed by atoms with Crippen molar-refractivity contribution >= 4 is 17.6 Å². The van der Waals surface area contributed by atoms with E-state index in [2.05, 4.69) is 5.10 Å². The van der Waals surface area contributed by atoms with Crippen molar-refractivity contribution in [1.29, 1.82) is 0 Å². The van der Waals surface area contributed by atoms with E-state index in [1.165, 1.54) is 0 Å². The Hall–Kier alpha value is -1.03. The molecule has 1 saturated carbocycles. The summed E-state index contributed by atoms with van der Waals surface area (Å²) in [5, 5.41) is 13.7. The molecule has 15 heavy (non-hydrogen) atoms. The molecule has 1 heterocycles. The van der Waals surface area contributed by atoms with Crippen LogP contribution < -0.4 is 0 Å². The van der Waals surface area contributed by atoms with Crippen LogP contribution in [0, 0.1) is 6.92 Å². The van der Waals surface area contributed by atoms with Gasteiger partial charge in [0.1, 0.15) is 5.15 Å². The molecule has 0 bridgehead atoms. The van der Waals surface area contributed by atoms with E-state index < -0.39 is 5.97 Å². The zero-order valence-corrected chi connectivity index (χ0v) is 9.51. The lowest BCUT2D eigenvalue weighted by Gasteiger charge is -2.12. The fourth-order valence-electron chi connectivity index (χ4n) is 2.19. The summed E-state index contributed by atoms with van der Waals surface area (Å²) in [7, 11) is 1.77. The Labute approximate surface area is 92.8 Å². The molecule has 1 aliphatic rings. The standard InChI is InChI=1S/C10H13ClN2O2/c1-6-8(9(11)13(2)12-6)10(3-4-10)5-7(14)15/h3-5H2,1-2H3,(H,14,15). The van der Waals surface area contributed by atoms with Crippen LogP contribution in [0.25, 0.3) is 0 Å². The van der Waals surface area contributed by atoms with Gasteiger partial charge in [0.25, 0.3) is 0 Å². The van der Waals surface area contributed by atoms with Gasteiger partial charge in [0.15, 0.2) is 0 Å². The van der Waals surface area contributed by atoms with Gasteiger partial charge in [-0.05, 0) is 19.8 Å². The summed E-state index contributed by atoms with van der Waals surface area (Å²) in [6.07, 6.45) is 1.94. The second kappa shape index (κ2) is 3.23. The lowest BCUT2D eigenvalue weighted by atomic mass is 9.93. The first-order valence-corrected chi connectivity index (χ1v) is 5.25. The fourth-order valence-corrected chi connectivity index (χ4v) is 2.56. The van der Waals surface area contributed by atoms with Crippen LogP contribution in [0.2, 0.25) is 5.15 Å². The van der Waals surface area contributed by atoms with Gasteiger partial charge in [0.2, 0.25) is 0 Å². The summed E-state index contributed by atoms with van der Waals surface area (Å²) in [5.74, 6) is -0.771. The quantitative estimate of drug-likeness (QED) is 0.860. The number of hydrogen-bond donors (Lipinski definition) is 1. The molecular formula is C10H13ClN2O2. The number of nitrogens with zero attached hydrogens (tertiary/aromatic N) is 2. The van der Waals surface area contributed by atoms with Crippen molar-refractivity contribution in [3.05, 3.63) is 16.4 Å². The topological polar surface area (TPSA) is 55.1 Å². The second-order valence-corrected chi connectivity index (χ2v) is 4.58. The van der Waals surface area contributed by atoms with Gasteiger partial charge in [-0.2, -0.15) is 5.10 Å². The number of hydrogen-bond acceptors (Lipinski definition) is 2. The predicted octanol–water partition coefficient (Wildman–Crippen LogP) is 1.89. The number of carboxylic acid groups (broad SMARTS) is 1. The molecule has 1 N–H and O–H groups in total. The minimum atomic E-state index is -0.771. The van der Waals surface area contributed by atoms with Gasteiger partial charge in [-0.3, -0.25) is 9.48 Å². The third-order valence-corrected chi connectivity index (χ3v) is 3.46. The summed E-state index contributed by atoms with van der Waals surface area (Å²) in [6.45, 7) is 1.88. The maximum atomic E-state index is 10.8. The molecule has 2 rings (SSSR count). The predicted molar refractivity (Wildman–Crippen MR) is 56.1 cm³/mol. The van der Waals surface area contributed by atoms with Gasteiger partial charge in [-0.15, -0.1) is 0 Å². The molecule has 82 valence electrons. The van der Waals surface area contributed by atoms with Crippen LogP contribution in [0.1, 0.15) is 30.5 Å². The number of aryl methyl sites for hydroxylation is 2. The smallest absolute Gasteiger partial charge is 0.304 e. The molecule has 0 unspecified atom stereocenters. The van der Waals surface area contributed by atoms with Crippen LogP contribution in [-0.4, -0.2) is 20.9 Å². The van der Waals surface area contributed by atoms with E-state index in [-0.39, 0.29) is 11.8 Å². The molecule has 0 saturated heterocycles. The van der Waals surface area contributed by atoms with Gasteiger partial charge in [0, 0.05) is 18.0 Å². The summed E-state index contributed by atoms with van der Waals surface area (Å²) in [6, 6.07) is 0. The van der Waals surface area contributed by atoms with E-state index in [1.807, 2.05) is 6.92 Å². The number of rotatable bonds is 3. The van der Waals surface area contributed by atoms with Crippen molar-refractivity contribution < 1.29 is 9.90 Å². The molecule has 1 aliphatic carbocycles.